The van der Waals surface area contributed by atoms with Crippen LogP contribution in [0.1, 0.15) is 11.3 Å². The number of carbonyl (C=O) groups excluding carboxylic acids is 1. The molecular formula is C17H15N5O. The van der Waals surface area contributed by atoms with Crippen molar-refractivity contribution < 1.29 is 4.79 Å². The summed E-state index contributed by atoms with van der Waals surface area (Å²) in [5.41, 5.74) is 1.70. The Balaban J connectivity index is 1.81. The summed E-state index contributed by atoms with van der Waals surface area (Å²) < 4.78 is 0. The van der Waals surface area contributed by atoms with Gasteiger partial charge in [-0.25, -0.2) is 9.97 Å². The van der Waals surface area contributed by atoms with Crippen molar-refractivity contribution in [2.24, 2.45) is 5.92 Å². The Morgan fingerprint density at radius 3 is 3.00 bits per heavy atom. The van der Waals surface area contributed by atoms with Crippen LogP contribution < -0.4 is 10.2 Å². The molecule has 1 aromatic carbocycles. The highest BCUT2D eigenvalue weighted by molar-refractivity contribution is 6.07. The van der Waals surface area contributed by atoms with E-state index >= 15 is 0 Å². The van der Waals surface area contributed by atoms with Crippen LogP contribution in [0.4, 0.5) is 11.6 Å². The number of rotatable bonds is 1. The number of aryl methyl sites for hydroxylation is 1. The second-order valence-electron chi connectivity index (χ2n) is 6.03. The lowest BCUT2D eigenvalue weighted by Crippen LogP contribution is -2.42. The topological polar surface area (TPSA) is 81.9 Å². The quantitative estimate of drug-likeness (QED) is 0.866. The molecule has 0 unspecified atom stereocenters. The number of anilines is 2. The molecule has 23 heavy (non-hydrogen) atoms. The van der Waals surface area contributed by atoms with Crippen LogP contribution in [0, 0.1) is 24.2 Å². The summed E-state index contributed by atoms with van der Waals surface area (Å²) in [7, 11) is 0. The molecule has 1 N–H and O–H groups in total. The molecule has 0 radical (unpaired) electrons. The Labute approximate surface area is 133 Å². The van der Waals surface area contributed by atoms with Crippen molar-refractivity contribution in [2.75, 3.05) is 23.3 Å². The zero-order valence-corrected chi connectivity index (χ0v) is 12.7. The maximum atomic E-state index is 12.7. The third-order valence-corrected chi connectivity index (χ3v) is 4.72. The molecule has 3 heterocycles. The zero-order valence-electron chi connectivity index (χ0n) is 12.7. The van der Waals surface area contributed by atoms with Gasteiger partial charge >= 0.3 is 0 Å². The van der Waals surface area contributed by atoms with Gasteiger partial charge < -0.3 is 10.2 Å². The molecule has 0 saturated carbocycles. The lowest BCUT2D eigenvalue weighted by molar-refractivity contribution is -0.120. The highest BCUT2D eigenvalue weighted by Crippen LogP contribution is 2.47. The molecule has 114 valence electrons. The molecule has 4 rings (SSSR count). The number of fused-ring (bicyclic) bond motifs is 2. The fraction of sp³-hybridized carbons (Fsp3) is 0.294. The molecule has 6 nitrogen and oxygen atoms in total. The fourth-order valence-corrected chi connectivity index (χ4v) is 3.58. The summed E-state index contributed by atoms with van der Waals surface area (Å²) in [5, 5.41) is 12.6. The van der Waals surface area contributed by atoms with Crippen molar-refractivity contribution in [3.63, 3.8) is 0 Å². The van der Waals surface area contributed by atoms with Gasteiger partial charge in [-0.3, -0.25) is 4.79 Å². The minimum absolute atomic E-state index is 0.111. The molecule has 1 fully saturated rings. The molecule has 0 aliphatic carbocycles. The largest absolute Gasteiger partial charge is 0.338 e. The van der Waals surface area contributed by atoms with Crippen molar-refractivity contribution in [1.29, 1.82) is 5.26 Å². The van der Waals surface area contributed by atoms with Gasteiger partial charge in [0.1, 0.15) is 5.41 Å². The number of nitrogens with zero attached hydrogens (tertiary/aromatic N) is 4. The standard InChI is InChI=1S/C17H15N5O/c1-11-6-7-19-16(20-11)22-9-12(8-18)17(10-22)13-4-2-3-5-14(13)21-15(17)23/h2-7,12H,9-10H2,1H3,(H,21,23)/t12-,17-/m0/s1. The van der Waals surface area contributed by atoms with Gasteiger partial charge in [-0.2, -0.15) is 5.26 Å². The number of benzene rings is 1. The SMILES string of the molecule is Cc1ccnc(N2C[C@H](C#N)[C@]3(C2)C(=O)Nc2ccccc23)n1. The van der Waals surface area contributed by atoms with E-state index in [2.05, 4.69) is 21.4 Å². The first-order valence-corrected chi connectivity index (χ1v) is 7.50. The average molecular weight is 305 g/mol. The third kappa shape index (κ3) is 1.83. The molecule has 0 bridgehead atoms. The summed E-state index contributed by atoms with van der Waals surface area (Å²) in [4.78, 5) is 23.4. The molecule has 1 aromatic heterocycles. The molecule has 2 atom stereocenters. The van der Waals surface area contributed by atoms with E-state index in [0.717, 1.165) is 16.9 Å². The Bertz CT molecular complexity index is 843. The van der Waals surface area contributed by atoms with E-state index in [9.17, 15) is 10.1 Å². The third-order valence-electron chi connectivity index (χ3n) is 4.72. The van der Waals surface area contributed by atoms with E-state index < -0.39 is 11.3 Å². The van der Waals surface area contributed by atoms with Crippen molar-refractivity contribution in [3.8, 4) is 6.07 Å². The molecule has 2 aliphatic heterocycles. The van der Waals surface area contributed by atoms with E-state index in [-0.39, 0.29) is 5.91 Å². The fourth-order valence-electron chi connectivity index (χ4n) is 3.58. The van der Waals surface area contributed by atoms with E-state index in [1.165, 1.54) is 0 Å². The number of hydrogen-bond donors (Lipinski definition) is 1. The maximum absolute atomic E-state index is 12.7. The number of aromatic nitrogens is 2. The number of nitrogens with one attached hydrogen (secondary N) is 1. The zero-order chi connectivity index (χ0) is 16.0. The predicted octanol–water partition coefficient (Wildman–Crippen LogP) is 1.63. The smallest absolute Gasteiger partial charge is 0.238 e. The monoisotopic (exact) mass is 305 g/mol. The lowest BCUT2D eigenvalue weighted by Gasteiger charge is -2.24. The van der Waals surface area contributed by atoms with E-state index in [1.54, 1.807) is 6.20 Å². The summed E-state index contributed by atoms with van der Waals surface area (Å²) in [5.74, 6) is 0.0231. The molecule has 1 spiro atoms. The summed E-state index contributed by atoms with van der Waals surface area (Å²) in [6.45, 7) is 2.76. The van der Waals surface area contributed by atoms with Crippen LogP contribution in [0.25, 0.3) is 0 Å². The highest BCUT2D eigenvalue weighted by Gasteiger charge is 2.58. The van der Waals surface area contributed by atoms with Crippen LogP contribution in [-0.4, -0.2) is 29.0 Å². The Kier molecular flexibility index (Phi) is 2.85. The molecule has 1 saturated heterocycles. The molecule has 2 aliphatic rings. The second-order valence-corrected chi connectivity index (χ2v) is 6.03. The maximum Gasteiger partial charge on any atom is 0.238 e. The summed E-state index contributed by atoms with van der Waals surface area (Å²) >= 11 is 0. The van der Waals surface area contributed by atoms with Gasteiger partial charge in [-0.05, 0) is 24.6 Å². The number of carbonyl (C=O) groups is 1. The molecule has 2 aromatic rings. The first-order chi connectivity index (χ1) is 11.1. The van der Waals surface area contributed by atoms with Crippen LogP contribution in [0.15, 0.2) is 36.5 Å². The van der Waals surface area contributed by atoms with Crippen LogP contribution in [0.3, 0.4) is 0 Å². The van der Waals surface area contributed by atoms with Crippen LogP contribution >= 0.6 is 0 Å². The molecule has 1 amide bonds. The van der Waals surface area contributed by atoms with Crippen molar-refractivity contribution >= 4 is 17.5 Å². The first-order valence-electron chi connectivity index (χ1n) is 7.50. The van der Waals surface area contributed by atoms with Gasteiger partial charge in [-0.1, -0.05) is 18.2 Å². The van der Waals surface area contributed by atoms with Crippen LogP contribution in [0.2, 0.25) is 0 Å². The number of nitriles is 1. The Morgan fingerprint density at radius 2 is 2.22 bits per heavy atom. The van der Waals surface area contributed by atoms with Gasteiger partial charge in [-0.15, -0.1) is 0 Å². The molecule has 6 heteroatoms. The number of hydrogen-bond acceptors (Lipinski definition) is 5. The Morgan fingerprint density at radius 1 is 1.39 bits per heavy atom. The first kappa shape index (κ1) is 13.7. The number of amides is 1. The minimum atomic E-state index is -0.849. The highest BCUT2D eigenvalue weighted by atomic mass is 16.2. The van der Waals surface area contributed by atoms with Crippen molar-refractivity contribution in [2.45, 2.75) is 12.3 Å². The molecular weight excluding hydrogens is 290 g/mol. The van der Waals surface area contributed by atoms with E-state index in [4.69, 9.17) is 0 Å². The Hall–Kier alpha value is -2.94. The van der Waals surface area contributed by atoms with Gasteiger partial charge in [0.05, 0.1) is 12.0 Å². The normalized spacial score (nSPS) is 25.3. The second kappa shape index (κ2) is 4.78. The van der Waals surface area contributed by atoms with Crippen molar-refractivity contribution in [3.05, 3.63) is 47.8 Å². The van der Waals surface area contributed by atoms with E-state index in [1.807, 2.05) is 42.2 Å². The van der Waals surface area contributed by atoms with Gasteiger partial charge in [0.15, 0.2) is 0 Å². The number of para-hydroxylation sites is 1. The minimum Gasteiger partial charge on any atom is -0.338 e. The van der Waals surface area contributed by atoms with E-state index in [0.29, 0.717) is 19.0 Å². The predicted molar refractivity (Wildman–Crippen MR) is 84.8 cm³/mol. The van der Waals surface area contributed by atoms with Gasteiger partial charge in [0.2, 0.25) is 11.9 Å². The average Bonchev–Trinajstić information content (AvgIpc) is 3.08. The summed E-state index contributed by atoms with van der Waals surface area (Å²) in [6, 6.07) is 11.7. The van der Waals surface area contributed by atoms with Crippen molar-refractivity contribution in [1.82, 2.24) is 9.97 Å². The lowest BCUT2D eigenvalue weighted by atomic mass is 9.74. The van der Waals surface area contributed by atoms with Crippen LogP contribution in [0.5, 0.6) is 0 Å². The van der Waals surface area contributed by atoms with Gasteiger partial charge in [0, 0.05) is 30.7 Å². The summed E-state index contributed by atoms with van der Waals surface area (Å²) in [6.07, 6.45) is 1.70. The van der Waals surface area contributed by atoms with Crippen LogP contribution in [-0.2, 0) is 10.2 Å². The van der Waals surface area contributed by atoms with Gasteiger partial charge in [0.25, 0.3) is 0 Å².